The van der Waals surface area contributed by atoms with Crippen LogP contribution in [0.25, 0.3) is 5.69 Å². The van der Waals surface area contributed by atoms with Gasteiger partial charge in [-0.15, -0.1) is 0 Å². The van der Waals surface area contributed by atoms with Crippen molar-refractivity contribution in [3.05, 3.63) is 47.8 Å². The van der Waals surface area contributed by atoms with Gasteiger partial charge in [-0.2, -0.15) is 5.10 Å². The quantitative estimate of drug-likeness (QED) is 0.846. The zero-order valence-corrected chi connectivity index (χ0v) is 7.89. The van der Waals surface area contributed by atoms with E-state index in [1.807, 2.05) is 0 Å². The summed E-state index contributed by atoms with van der Waals surface area (Å²) in [5.41, 5.74) is -0.226. The first-order valence-corrected chi connectivity index (χ1v) is 4.32. The average Bonchev–Trinajstić information content (AvgIpc) is 2.71. The van der Waals surface area contributed by atoms with E-state index in [9.17, 15) is 13.6 Å². The number of nitrogens with zero attached hydrogens (tertiary/aromatic N) is 2. The summed E-state index contributed by atoms with van der Waals surface area (Å²) in [4.78, 5) is 10.6. The van der Waals surface area contributed by atoms with Gasteiger partial charge in [-0.1, -0.05) is 6.07 Å². The predicted octanol–water partition coefficient (Wildman–Crippen LogP) is 1.85. The summed E-state index contributed by atoms with van der Waals surface area (Å²) in [5, 5.41) is 12.3. The highest BCUT2D eigenvalue weighted by Crippen LogP contribution is 2.15. The molecule has 0 amide bonds. The summed E-state index contributed by atoms with van der Waals surface area (Å²) >= 11 is 0. The summed E-state index contributed by atoms with van der Waals surface area (Å²) in [5.74, 6) is -3.25. The molecule has 0 radical (unpaired) electrons. The van der Waals surface area contributed by atoms with E-state index in [4.69, 9.17) is 5.11 Å². The summed E-state index contributed by atoms with van der Waals surface area (Å²) in [7, 11) is 0. The van der Waals surface area contributed by atoms with Crippen molar-refractivity contribution in [3.8, 4) is 5.69 Å². The first kappa shape index (κ1) is 10.3. The molecular formula is C10H6F2N2O2. The Morgan fingerprint density at radius 1 is 1.38 bits per heavy atom. The molecule has 0 saturated carbocycles. The molecule has 0 spiro atoms. The Labute approximate surface area is 88.7 Å². The molecule has 1 heterocycles. The van der Waals surface area contributed by atoms with Crippen LogP contribution in [0.4, 0.5) is 8.78 Å². The maximum atomic E-state index is 13.3. The normalized spacial score (nSPS) is 10.4. The van der Waals surface area contributed by atoms with E-state index in [0.29, 0.717) is 0 Å². The second kappa shape index (κ2) is 3.73. The van der Waals surface area contributed by atoms with Gasteiger partial charge in [-0.05, 0) is 12.1 Å². The van der Waals surface area contributed by atoms with Crippen LogP contribution in [0.2, 0.25) is 0 Å². The van der Waals surface area contributed by atoms with Crippen LogP contribution in [0.1, 0.15) is 10.4 Å². The van der Waals surface area contributed by atoms with Gasteiger partial charge in [0.05, 0.1) is 11.8 Å². The lowest BCUT2D eigenvalue weighted by Crippen LogP contribution is -2.00. The van der Waals surface area contributed by atoms with Crippen LogP contribution < -0.4 is 0 Å². The molecule has 2 rings (SSSR count). The van der Waals surface area contributed by atoms with Crippen molar-refractivity contribution in [1.82, 2.24) is 9.78 Å². The van der Waals surface area contributed by atoms with E-state index in [1.165, 1.54) is 12.1 Å². The number of benzene rings is 1. The SMILES string of the molecule is O=C(O)c1cnn(-c2cccc(F)c2F)c1. The number of carbonyl (C=O) groups is 1. The number of carboxylic acid groups (broad SMARTS) is 1. The van der Waals surface area contributed by atoms with Gasteiger partial charge in [-0.25, -0.2) is 18.3 Å². The highest BCUT2D eigenvalue weighted by Gasteiger charge is 2.12. The van der Waals surface area contributed by atoms with E-state index in [-0.39, 0.29) is 11.3 Å². The molecule has 0 aliphatic carbocycles. The summed E-state index contributed by atoms with van der Waals surface area (Å²) in [6.07, 6.45) is 2.17. The molecule has 82 valence electrons. The third-order valence-electron chi connectivity index (χ3n) is 2.01. The van der Waals surface area contributed by atoms with E-state index in [1.54, 1.807) is 0 Å². The van der Waals surface area contributed by atoms with Crippen LogP contribution in [-0.4, -0.2) is 20.9 Å². The lowest BCUT2D eigenvalue weighted by Gasteiger charge is -2.02. The standard InChI is InChI=1S/C10H6F2N2O2/c11-7-2-1-3-8(9(7)12)14-5-6(4-13-14)10(15)16/h1-5H,(H,15,16). The molecule has 0 saturated heterocycles. The minimum Gasteiger partial charge on any atom is -0.478 e. The Hall–Kier alpha value is -2.24. The minimum absolute atomic E-state index is 0.0938. The van der Waals surface area contributed by atoms with Crippen LogP contribution in [0.15, 0.2) is 30.6 Å². The molecule has 6 heteroatoms. The number of halogens is 2. The highest BCUT2D eigenvalue weighted by molar-refractivity contribution is 5.86. The third-order valence-corrected chi connectivity index (χ3v) is 2.01. The molecule has 0 aliphatic heterocycles. The monoisotopic (exact) mass is 224 g/mol. The van der Waals surface area contributed by atoms with Crippen molar-refractivity contribution in [2.45, 2.75) is 0 Å². The van der Waals surface area contributed by atoms with Crippen LogP contribution in [0, 0.1) is 11.6 Å². The minimum atomic E-state index is -1.18. The molecule has 1 aromatic heterocycles. The fourth-order valence-corrected chi connectivity index (χ4v) is 1.23. The summed E-state index contributed by atoms with van der Waals surface area (Å²) in [6.45, 7) is 0. The van der Waals surface area contributed by atoms with E-state index >= 15 is 0 Å². The van der Waals surface area contributed by atoms with Gasteiger partial charge >= 0.3 is 5.97 Å². The lowest BCUT2D eigenvalue weighted by molar-refractivity contribution is 0.0697. The third kappa shape index (κ3) is 1.65. The first-order valence-electron chi connectivity index (χ1n) is 4.32. The maximum absolute atomic E-state index is 13.3. The van der Waals surface area contributed by atoms with Gasteiger partial charge in [-0.3, -0.25) is 0 Å². The van der Waals surface area contributed by atoms with Crippen molar-refractivity contribution < 1.29 is 18.7 Å². The second-order valence-electron chi connectivity index (χ2n) is 3.05. The fourth-order valence-electron chi connectivity index (χ4n) is 1.23. The fraction of sp³-hybridized carbons (Fsp3) is 0. The number of rotatable bonds is 2. The van der Waals surface area contributed by atoms with Gasteiger partial charge in [0, 0.05) is 6.20 Å². The average molecular weight is 224 g/mol. The molecule has 16 heavy (non-hydrogen) atoms. The molecule has 0 unspecified atom stereocenters. The molecule has 0 aliphatic rings. The van der Waals surface area contributed by atoms with Crippen molar-refractivity contribution in [2.24, 2.45) is 0 Å². The Morgan fingerprint density at radius 2 is 2.12 bits per heavy atom. The summed E-state index contributed by atoms with van der Waals surface area (Å²) < 4.78 is 27.2. The van der Waals surface area contributed by atoms with Gasteiger partial charge in [0.15, 0.2) is 11.6 Å². The molecule has 0 fully saturated rings. The lowest BCUT2D eigenvalue weighted by atomic mass is 10.3. The zero-order valence-electron chi connectivity index (χ0n) is 7.89. The van der Waals surface area contributed by atoms with Gasteiger partial charge in [0.2, 0.25) is 0 Å². The topological polar surface area (TPSA) is 55.1 Å². The maximum Gasteiger partial charge on any atom is 0.338 e. The van der Waals surface area contributed by atoms with Gasteiger partial charge in [0.25, 0.3) is 0 Å². The van der Waals surface area contributed by atoms with Crippen LogP contribution in [-0.2, 0) is 0 Å². The number of carboxylic acids is 1. The van der Waals surface area contributed by atoms with Crippen molar-refractivity contribution >= 4 is 5.97 Å². The highest BCUT2D eigenvalue weighted by atomic mass is 19.2. The summed E-state index contributed by atoms with van der Waals surface area (Å²) in [6, 6.07) is 3.59. The molecule has 0 atom stereocenters. The van der Waals surface area contributed by atoms with E-state index in [0.717, 1.165) is 23.1 Å². The Balaban J connectivity index is 2.50. The molecular weight excluding hydrogens is 218 g/mol. The Morgan fingerprint density at radius 3 is 2.75 bits per heavy atom. The molecule has 4 nitrogen and oxygen atoms in total. The first-order chi connectivity index (χ1) is 7.59. The number of hydrogen-bond acceptors (Lipinski definition) is 2. The zero-order chi connectivity index (χ0) is 11.7. The number of hydrogen-bond donors (Lipinski definition) is 1. The van der Waals surface area contributed by atoms with Gasteiger partial charge < -0.3 is 5.11 Å². The molecule has 2 aromatic rings. The van der Waals surface area contributed by atoms with Gasteiger partial charge in [0.1, 0.15) is 5.69 Å². The van der Waals surface area contributed by atoms with Crippen LogP contribution in [0.5, 0.6) is 0 Å². The van der Waals surface area contributed by atoms with Crippen LogP contribution in [0.3, 0.4) is 0 Å². The second-order valence-corrected chi connectivity index (χ2v) is 3.05. The van der Waals surface area contributed by atoms with E-state index < -0.39 is 17.6 Å². The molecule has 1 N–H and O–H groups in total. The largest absolute Gasteiger partial charge is 0.478 e. The van der Waals surface area contributed by atoms with Crippen LogP contribution >= 0.6 is 0 Å². The molecule has 1 aromatic carbocycles. The van der Waals surface area contributed by atoms with Crippen molar-refractivity contribution in [1.29, 1.82) is 0 Å². The number of aromatic carboxylic acids is 1. The van der Waals surface area contributed by atoms with E-state index in [2.05, 4.69) is 5.10 Å². The Bertz CT molecular complexity index is 552. The smallest absolute Gasteiger partial charge is 0.338 e. The molecule has 0 bridgehead atoms. The number of aromatic nitrogens is 2. The van der Waals surface area contributed by atoms with Crippen molar-refractivity contribution in [3.63, 3.8) is 0 Å². The predicted molar refractivity (Wildman–Crippen MR) is 50.4 cm³/mol. The van der Waals surface area contributed by atoms with Crippen molar-refractivity contribution in [2.75, 3.05) is 0 Å². The Kier molecular flexibility index (Phi) is 2.40.